The smallest absolute Gasteiger partial charge is 0.251 e. The van der Waals surface area contributed by atoms with Crippen LogP contribution in [0.25, 0.3) is 0 Å². The molecule has 6 nitrogen and oxygen atoms in total. The molecule has 0 saturated carbocycles. The molecule has 1 amide bonds. The van der Waals surface area contributed by atoms with Crippen LogP contribution in [-0.2, 0) is 25.9 Å². The van der Waals surface area contributed by atoms with E-state index in [1.54, 1.807) is 12.1 Å². The number of amides is 1. The molecule has 0 bridgehead atoms. The molecule has 1 aliphatic carbocycles. The Labute approximate surface area is 200 Å². The Morgan fingerprint density at radius 1 is 1.03 bits per heavy atom. The third-order valence-corrected chi connectivity index (χ3v) is 6.44. The second-order valence-corrected chi connectivity index (χ2v) is 9.12. The molecule has 5 N–H and O–H groups in total. The number of carbonyl (C=O) groups is 1. The number of hydrogen-bond donors (Lipinski definition) is 5. The Balaban J connectivity index is 1.29. The van der Waals surface area contributed by atoms with Crippen LogP contribution in [0, 0.1) is 0 Å². The third-order valence-electron chi connectivity index (χ3n) is 6.44. The van der Waals surface area contributed by atoms with E-state index in [9.17, 15) is 20.1 Å². The van der Waals surface area contributed by atoms with Gasteiger partial charge in [-0.15, -0.1) is 0 Å². The highest BCUT2D eigenvalue weighted by atomic mass is 16.3. The highest BCUT2D eigenvalue weighted by Crippen LogP contribution is 2.23. The molecule has 0 aromatic heterocycles. The van der Waals surface area contributed by atoms with Gasteiger partial charge in [-0.1, -0.05) is 42.5 Å². The van der Waals surface area contributed by atoms with Gasteiger partial charge >= 0.3 is 0 Å². The number of hydrogen-bond acceptors (Lipinski definition) is 5. The lowest BCUT2D eigenvalue weighted by Crippen LogP contribution is -2.35. The zero-order chi connectivity index (χ0) is 24.1. The molecule has 0 heterocycles. The van der Waals surface area contributed by atoms with Crippen molar-refractivity contribution in [2.75, 3.05) is 6.54 Å². The summed E-state index contributed by atoms with van der Waals surface area (Å²) in [5.74, 6) is -0.0381. The fourth-order valence-electron chi connectivity index (χ4n) is 4.56. The monoisotopic (exact) mass is 460 g/mol. The van der Waals surface area contributed by atoms with Crippen LogP contribution in [0.4, 0.5) is 0 Å². The largest absolute Gasteiger partial charge is 0.508 e. The summed E-state index contributed by atoms with van der Waals surface area (Å²) >= 11 is 0. The highest BCUT2D eigenvalue weighted by Gasteiger charge is 2.23. The molecule has 0 radical (unpaired) electrons. The van der Waals surface area contributed by atoms with Crippen molar-refractivity contribution in [1.29, 1.82) is 0 Å². The van der Waals surface area contributed by atoms with Gasteiger partial charge in [-0.2, -0.15) is 0 Å². The van der Waals surface area contributed by atoms with E-state index in [-0.39, 0.29) is 30.3 Å². The van der Waals surface area contributed by atoms with Crippen molar-refractivity contribution in [2.24, 2.45) is 0 Å². The molecule has 1 aliphatic rings. The van der Waals surface area contributed by atoms with Gasteiger partial charge in [0.2, 0.25) is 0 Å². The van der Waals surface area contributed by atoms with Gasteiger partial charge in [0.05, 0.1) is 12.7 Å². The van der Waals surface area contributed by atoms with Crippen molar-refractivity contribution in [3.8, 4) is 5.75 Å². The minimum Gasteiger partial charge on any atom is -0.508 e. The van der Waals surface area contributed by atoms with Crippen molar-refractivity contribution in [3.63, 3.8) is 0 Å². The summed E-state index contributed by atoms with van der Waals surface area (Å²) < 4.78 is 0. The minimum absolute atomic E-state index is 0.0150. The van der Waals surface area contributed by atoms with E-state index in [0.717, 1.165) is 18.4 Å². The Hall–Kier alpha value is -3.19. The number of aliphatic hydroxyl groups is 2. The number of carbonyl (C=O) groups excluding carboxylic acids is 1. The maximum atomic E-state index is 12.8. The summed E-state index contributed by atoms with van der Waals surface area (Å²) in [6, 6.07) is 20.9. The zero-order valence-corrected chi connectivity index (χ0v) is 19.4. The normalized spacial score (nSPS) is 15.0. The first kappa shape index (κ1) is 24.0. The molecule has 2 atom stereocenters. The number of nitrogens with one attached hydrogen (secondary N) is 2. The molecule has 3 aromatic carbocycles. The van der Waals surface area contributed by atoms with Crippen molar-refractivity contribution in [1.82, 2.24) is 10.6 Å². The molecule has 4 rings (SSSR count). The first-order chi connectivity index (χ1) is 16.4. The lowest BCUT2D eigenvalue weighted by atomic mass is 10.0. The van der Waals surface area contributed by atoms with E-state index in [0.29, 0.717) is 29.7 Å². The number of aliphatic hydroxyl groups excluding tert-OH is 2. The first-order valence-corrected chi connectivity index (χ1v) is 11.7. The quantitative estimate of drug-likeness (QED) is 0.338. The van der Waals surface area contributed by atoms with Crippen molar-refractivity contribution < 1.29 is 20.1 Å². The molecule has 0 fully saturated rings. The average Bonchev–Trinajstić information content (AvgIpc) is 3.25. The fraction of sp³-hybridized carbons (Fsp3) is 0.321. The van der Waals surface area contributed by atoms with Crippen LogP contribution in [0.5, 0.6) is 5.75 Å². The number of rotatable bonds is 9. The maximum Gasteiger partial charge on any atom is 0.251 e. The number of benzene rings is 3. The third kappa shape index (κ3) is 5.83. The Kier molecular flexibility index (Phi) is 7.63. The summed E-state index contributed by atoms with van der Waals surface area (Å²) in [5.41, 5.74) is 5.34. The predicted octanol–water partition coefficient (Wildman–Crippen LogP) is 3.04. The topological polar surface area (TPSA) is 102 Å². The Bertz CT molecular complexity index is 1120. The molecule has 178 valence electrons. The van der Waals surface area contributed by atoms with E-state index in [4.69, 9.17) is 0 Å². The van der Waals surface area contributed by atoms with Crippen molar-refractivity contribution >= 4 is 5.91 Å². The summed E-state index contributed by atoms with van der Waals surface area (Å²) in [6.07, 6.45) is 1.68. The second kappa shape index (κ2) is 10.8. The lowest BCUT2D eigenvalue weighted by Gasteiger charge is -2.19. The van der Waals surface area contributed by atoms with Crippen LogP contribution in [-0.4, -0.2) is 39.9 Å². The van der Waals surface area contributed by atoms with Crippen LogP contribution in [0.1, 0.15) is 51.2 Å². The minimum atomic E-state index is -0.763. The van der Waals surface area contributed by atoms with E-state index in [1.807, 2.05) is 43.3 Å². The van der Waals surface area contributed by atoms with E-state index in [2.05, 4.69) is 22.8 Å². The summed E-state index contributed by atoms with van der Waals surface area (Å²) in [4.78, 5) is 12.8. The average molecular weight is 461 g/mol. The van der Waals surface area contributed by atoms with Crippen molar-refractivity contribution in [2.45, 2.75) is 51.0 Å². The molecular formula is C28H32N2O4. The van der Waals surface area contributed by atoms with Crippen molar-refractivity contribution in [3.05, 3.63) is 100 Å². The number of fused-ring (bicyclic) bond motifs is 1. The molecule has 0 unspecified atom stereocenters. The van der Waals surface area contributed by atoms with E-state index < -0.39 is 6.10 Å². The fourth-order valence-corrected chi connectivity index (χ4v) is 4.56. The van der Waals surface area contributed by atoms with E-state index >= 15 is 0 Å². The van der Waals surface area contributed by atoms with Crippen LogP contribution in [0.15, 0.2) is 66.7 Å². The number of aromatic hydroxyl groups is 1. The van der Waals surface area contributed by atoms with Crippen LogP contribution in [0.2, 0.25) is 0 Å². The van der Waals surface area contributed by atoms with Gasteiger partial charge in [-0.05, 0) is 72.7 Å². The van der Waals surface area contributed by atoms with E-state index in [1.165, 1.54) is 17.2 Å². The molecule has 0 saturated heterocycles. The van der Waals surface area contributed by atoms with Crippen LogP contribution >= 0.6 is 0 Å². The Morgan fingerprint density at radius 2 is 1.76 bits per heavy atom. The molecule has 0 aliphatic heterocycles. The van der Waals surface area contributed by atoms with Crippen LogP contribution < -0.4 is 10.6 Å². The number of phenols is 1. The highest BCUT2D eigenvalue weighted by molar-refractivity contribution is 5.94. The summed E-state index contributed by atoms with van der Waals surface area (Å²) in [6.45, 7) is 2.08. The van der Waals surface area contributed by atoms with Gasteiger partial charge in [0, 0.05) is 29.8 Å². The lowest BCUT2D eigenvalue weighted by molar-refractivity contribution is 0.0938. The van der Waals surface area contributed by atoms with Crippen LogP contribution in [0.3, 0.4) is 0 Å². The van der Waals surface area contributed by atoms with Gasteiger partial charge in [-0.25, -0.2) is 0 Å². The molecule has 34 heavy (non-hydrogen) atoms. The molecular weight excluding hydrogens is 428 g/mol. The van der Waals surface area contributed by atoms with Gasteiger partial charge in [0.1, 0.15) is 5.75 Å². The molecule has 3 aromatic rings. The van der Waals surface area contributed by atoms with Gasteiger partial charge in [0.25, 0.3) is 5.91 Å². The maximum absolute atomic E-state index is 12.8. The first-order valence-electron chi connectivity index (χ1n) is 11.7. The molecule has 0 spiro atoms. The molecule has 6 heteroatoms. The second-order valence-electron chi connectivity index (χ2n) is 9.12. The Morgan fingerprint density at radius 3 is 2.47 bits per heavy atom. The SMILES string of the molecule is C[C@H](Cc1cccc(C(=O)NC2Cc3ccccc3C2)c1)NC[C@@H](O)c1ccc(O)c(CO)c1. The van der Waals surface area contributed by atoms with Gasteiger partial charge in [-0.3, -0.25) is 4.79 Å². The standard InChI is InChI=1S/C28H32N2O4/c1-18(29-16-27(33)22-9-10-26(32)24(13-22)17-31)11-19-5-4-8-23(12-19)28(34)30-25-14-20-6-2-3-7-21(20)15-25/h2-10,12-13,18,25,27,29,31-33H,11,14-17H2,1H3,(H,30,34)/t18-,27-/m1/s1. The summed E-state index contributed by atoms with van der Waals surface area (Å²) in [7, 11) is 0. The zero-order valence-electron chi connectivity index (χ0n) is 19.4. The van der Waals surface area contributed by atoms with Gasteiger partial charge in [0.15, 0.2) is 0 Å². The van der Waals surface area contributed by atoms with Gasteiger partial charge < -0.3 is 26.0 Å². The summed E-state index contributed by atoms with van der Waals surface area (Å²) in [5, 5.41) is 36.0. The predicted molar refractivity (Wildman–Crippen MR) is 132 cm³/mol.